The Balaban J connectivity index is 2.17. The summed E-state index contributed by atoms with van der Waals surface area (Å²) in [7, 11) is 1.31. The van der Waals surface area contributed by atoms with Gasteiger partial charge < -0.3 is 9.64 Å². The van der Waals surface area contributed by atoms with E-state index in [1.165, 1.54) is 36.3 Å². The van der Waals surface area contributed by atoms with Crippen molar-refractivity contribution in [1.29, 1.82) is 0 Å². The molecule has 5 heteroatoms. The lowest BCUT2D eigenvalue weighted by Crippen LogP contribution is -2.41. The van der Waals surface area contributed by atoms with Crippen molar-refractivity contribution in [1.82, 2.24) is 4.90 Å². The molecule has 1 heterocycles. The second-order valence-corrected chi connectivity index (χ2v) is 4.19. The van der Waals surface area contributed by atoms with E-state index in [9.17, 15) is 14.0 Å². The van der Waals surface area contributed by atoms with Crippen molar-refractivity contribution in [2.75, 3.05) is 13.7 Å². The molecule has 4 nitrogen and oxygen atoms in total. The molecule has 0 saturated carbocycles. The lowest BCUT2D eigenvalue weighted by Gasteiger charge is -2.22. The number of ether oxygens (including phenoxy) is 1. The lowest BCUT2D eigenvalue weighted by molar-refractivity contribution is -0.145. The summed E-state index contributed by atoms with van der Waals surface area (Å²) < 4.78 is 17.5. The second-order valence-electron chi connectivity index (χ2n) is 4.19. The van der Waals surface area contributed by atoms with Crippen LogP contribution in [0.1, 0.15) is 23.2 Å². The van der Waals surface area contributed by atoms with Gasteiger partial charge in [0.05, 0.1) is 7.11 Å². The van der Waals surface area contributed by atoms with Gasteiger partial charge in [-0.2, -0.15) is 0 Å². The number of benzene rings is 1. The SMILES string of the molecule is COC(=O)C1CCCN1C(=O)c1ccc(F)cc1. The molecule has 1 atom stereocenters. The van der Waals surface area contributed by atoms with Crippen LogP contribution in [-0.4, -0.2) is 36.5 Å². The van der Waals surface area contributed by atoms with Crippen LogP contribution in [0.25, 0.3) is 0 Å². The highest BCUT2D eigenvalue weighted by Crippen LogP contribution is 2.21. The van der Waals surface area contributed by atoms with E-state index in [1.54, 1.807) is 0 Å². The summed E-state index contributed by atoms with van der Waals surface area (Å²) in [6, 6.07) is 4.79. The van der Waals surface area contributed by atoms with Gasteiger partial charge in [0, 0.05) is 12.1 Å². The number of likely N-dealkylation sites (tertiary alicyclic amines) is 1. The first-order chi connectivity index (χ1) is 8.63. The van der Waals surface area contributed by atoms with Gasteiger partial charge in [-0.1, -0.05) is 0 Å². The molecule has 0 bridgehead atoms. The second kappa shape index (κ2) is 5.16. The van der Waals surface area contributed by atoms with Crippen LogP contribution < -0.4 is 0 Å². The summed E-state index contributed by atoms with van der Waals surface area (Å²) in [4.78, 5) is 25.2. The maximum absolute atomic E-state index is 12.8. The van der Waals surface area contributed by atoms with E-state index in [2.05, 4.69) is 4.74 Å². The third-order valence-corrected chi connectivity index (χ3v) is 3.08. The van der Waals surface area contributed by atoms with Crippen molar-refractivity contribution in [3.05, 3.63) is 35.6 Å². The molecule has 1 aromatic carbocycles. The fraction of sp³-hybridized carbons (Fsp3) is 0.385. The Labute approximate surface area is 104 Å². The molecule has 1 amide bonds. The first-order valence-corrected chi connectivity index (χ1v) is 5.78. The van der Waals surface area contributed by atoms with Crippen molar-refractivity contribution in [3.63, 3.8) is 0 Å². The summed E-state index contributed by atoms with van der Waals surface area (Å²) >= 11 is 0. The molecular weight excluding hydrogens is 237 g/mol. The van der Waals surface area contributed by atoms with Gasteiger partial charge in [0.2, 0.25) is 0 Å². The molecule has 0 N–H and O–H groups in total. The average molecular weight is 251 g/mol. The molecule has 96 valence electrons. The highest BCUT2D eigenvalue weighted by molar-refractivity contribution is 5.97. The Morgan fingerprint density at radius 3 is 2.61 bits per heavy atom. The van der Waals surface area contributed by atoms with E-state index >= 15 is 0 Å². The molecule has 1 aliphatic rings. The minimum atomic E-state index is -0.521. The summed E-state index contributed by atoms with van der Waals surface area (Å²) in [5, 5.41) is 0. The maximum Gasteiger partial charge on any atom is 0.328 e. The smallest absolute Gasteiger partial charge is 0.328 e. The number of nitrogens with zero attached hydrogens (tertiary/aromatic N) is 1. The van der Waals surface area contributed by atoms with E-state index in [-0.39, 0.29) is 5.91 Å². The van der Waals surface area contributed by atoms with Gasteiger partial charge in [0.25, 0.3) is 5.91 Å². The molecule has 18 heavy (non-hydrogen) atoms. The summed E-state index contributed by atoms with van der Waals surface area (Å²) in [5.41, 5.74) is 0.382. The molecule has 1 saturated heterocycles. The number of methoxy groups -OCH3 is 1. The third-order valence-electron chi connectivity index (χ3n) is 3.08. The van der Waals surface area contributed by atoms with Crippen molar-refractivity contribution in [3.8, 4) is 0 Å². The summed E-state index contributed by atoms with van der Waals surface area (Å²) in [6.07, 6.45) is 1.38. The molecule has 0 spiro atoms. The largest absolute Gasteiger partial charge is 0.467 e. The molecule has 1 unspecified atom stereocenters. The van der Waals surface area contributed by atoms with Crippen LogP contribution in [0, 0.1) is 5.82 Å². The van der Waals surface area contributed by atoms with Crippen LogP contribution in [-0.2, 0) is 9.53 Å². The average Bonchev–Trinajstić information content (AvgIpc) is 2.87. The fourth-order valence-electron chi connectivity index (χ4n) is 2.15. The molecule has 0 aromatic heterocycles. The van der Waals surface area contributed by atoms with Crippen LogP contribution in [0.5, 0.6) is 0 Å². The Morgan fingerprint density at radius 2 is 2.00 bits per heavy atom. The lowest BCUT2D eigenvalue weighted by atomic mass is 10.1. The Kier molecular flexibility index (Phi) is 3.60. The topological polar surface area (TPSA) is 46.6 Å². The van der Waals surface area contributed by atoms with Crippen LogP contribution in [0.15, 0.2) is 24.3 Å². The standard InChI is InChI=1S/C13H14FNO3/c1-18-13(17)11-3-2-8-15(11)12(16)9-4-6-10(14)7-5-9/h4-7,11H,2-3,8H2,1H3. The summed E-state index contributed by atoms with van der Waals surface area (Å²) in [5.74, 6) is -1.05. The van der Waals surface area contributed by atoms with Gasteiger partial charge in [0.15, 0.2) is 0 Å². The minimum absolute atomic E-state index is 0.261. The summed E-state index contributed by atoms with van der Waals surface area (Å²) in [6.45, 7) is 0.524. The van der Waals surface area contributed by atoms with E-state index in [0.717, 1.165) is 6.42 Å². The Hall–Kier alpha value is -1.91. The van der Waals surface area contributed by atoms with Crippen LogP contribution >= 0.6 is 0 Å². The minimum Gasteiger partial charge on any atom is -0.467 e. The van der Waals surface area contributed by atoms with Gasteiger partial charge in [-0.25, -0.2) is 9.18 Å². The van der Waals surface area contributed by atoms with Crippen molar-refractivity contribution in [2.24, 2.45) is 0 Å². The van der Waals surface area contributed by atoms with Gasteiger partial charge in [-0.15, -0.1) is 0 Å². The zero-order valence-electron chi connectivity index (χ0n) is 10.1. The fourth-order valence-corrected chi connectivity index (χ4v) is 2.15. The number of amides is 1. The van der Waals surface area contributed by atoms with E-state index in [0.29, 0.717) is 18.5 Å². The van der Waals surface area contributed by atoms with Crippen molar-refractivity contribution in [2.45, 2.75) is 18.9 Å². The predicted molar refractivity (Wildman–Crippen MR) is 62.5 cm³/mol. The molecule has 0 aliphatic carbocycles. The van der Waals surface area contributed by atoms with Gasteiger partial charge in [0.1, 0.15) is 11.9 Å². The van der Waals surface area contributed by atoms with Crippen LogP contribution in [0.4, 0.5) is 4.39 Å². The molecule has 1 aliphatic heterocycles. The third kappa shape index (κ3) is 2.34. The van der Waals surface area contributed by atoms with E-state index in [1.807, 2.05) is 0 Å². The number of hydrogen-bond acceptors (Lipinski definition) is 3. The molecule has 1 aromatic rings. The van der Waals surface area contributed by atoms with Gasteiger partial charge >= 0.3 is 5.97 Å². The quantitative estimate of drug-likeness (QED) is 0.750. The first kappa shape index (κ1) is 12.5. The highest BCUT2D eigenvalue weighted by Gasteiger charge is 2.35. The Bertz CT molecular complexity index is 458. The predicted octanol–water partition coefficient (Wildman–Crippen LogP) is 1.60. The Morgan fingerprint density at radius 1 is 1.33 bits per heavy atom. The first-order valence-electron chi connectivity index (χ1n) is 5.78. The van der Waals surface area contributed by atoms with Crippen molar-refractivity contribution >= 4 is 11.9 Å². The highest BCUT2D eigenvalue weighted by atomic mass is 19.1. The number of carbonyl (C=O) groups is 2. The van der Waals surface area contributed by atoms with Crippen LogP contribution in [0.2, 0.25) is 0 Å². The number of halogens is 1. The number of rotatable bonds is 2. The van der Waals surface area contributed by atoms with Gasteiger partial charge in [-0.05, 0) is 37.1 Å². The normalized spacial score (nSPS) is 18.8. The maximum atomic E-state index is 12.8. The number of carbonyl (C=O) groups excluding carboxylic acids is 2. The van der Waals surface area contributed by atoms with Crippen LogP contribution in [0.3, 0.4) is 0 Å². The zero-order valence-corrected chi connectivity index (χ0v) is 10.1. The monoisotopic (exact) mass is 251 g/mol. The van der Waals surface area contributed by atoms with E-state index < -0.39 is 17.8 Å². The molecule has 2 rings (SSSR count). The molecule has 1 fully saturated rings. The zero-order chi connectivity index (χ0) is 13.1. The molecular formula is C13H14FNO3. The van der Waals surface area contributed by atoms with Crippen molar-refractivity contribution < 1.29 is 18.7 Å². The number of esters is 1. The van der Waals surface area contributed by atoms with E-state index in [4.69, 9.17) is 0 Å². The van der Waals surface area contributed by atoms with Gasteiger partial charge in [-0.3, -0.25) is 4.79 Å². The molecule has 0 radical (unpaired) electrons. The number of hydrogen-bond donors (Lipinski definition) is 0.